The molecule has 0 aliphatic heterocycles. The van der Waals surface area contributed by atoms with E-state index in [0.29, 0.717) is 5.56 Å². The van der Waals surface area contributed by atoms with Gasteiger partial charge in [0.05, 0.1) is 0 Å². The van der Waals surface area contributed by atoms with Crippen LogP contribution in [-0.2, 0) is 0 Å². The van der Waals surface area contributed by atoms with Gasteiger partial charge in [0.2, 0.25) is 0 Å². The summed E-state index contributed by atoms with van der Waals surface area (Å²) in [6.07, 6.45) is 11.6. The molecule has 0 unspecified atom stereocenters. The van der Waals surface area contributed by atoms with Crippen molar-refractivity contribution in [3.63, 3.8) is 0 Å². The number of carbonyl (C=O) groups excluding carboxylic acids is 1. The molecule has 1 N–H and O–H groups in total. The number of nitrogens with zero attached hydrogens (tertiary/aromatic N) is 1. The average Bonchev–Trinajstić information content (AvgIpc) is 2.96. The molecule has 0 saturated carbocycles. The second-order valence-electron chi connectivity index (χ2n) is 9.37. The Labute approximate surface area is 216 Å². The molecular formula is C32H37N2OP. The number of pyridine rings is 1. The monoisotopic (exact) mass is 496 g/mol. The number of aromatic nitrogens is 1. The van der Waals surface area contributed by atoms with Crippen LogP contribution in [0.25, 0.3) is 0 Å². The summed E-state index contributed by atoms with van der Waals surface area (Å²) in [4.78, 5) is 16.1. The maximum absolute atomic E-state index is 12.1. The predicted octanol–water partition coefficient (Wildman–Crippen LogP) is 5.88. The van der Waals surface area contributed by atoms with Crippen LogP contribution in [0.5, 0.6) is 0 Å². The second-order valence-corrected chi connectivity index (χ2v) is 13.4. The van der Waals surface area contributed by atoms with Gasteiger partial charge in [0.25, 0.3) is 0 Å². The molecule has 4 heteroatoms. The van der Waals surface area contributed by atoms with Gasteiger partial charge in [-0.15, -0.1) is 0 Å². The van der Waals surface area contributed by atoms with Crippen molar-refractivity contribution >= 4 is 29.1 Å². The fourth-order valence-electron chi connectivity index (χ4n) is 5.12. The third kappa shape index (κ3) is 6.68. The van der Waals surface area contributed by atoms with Gasteiger partial charge in [-0.2, -0.15) is 0 Å². The molecule has 0 radical (unpaired) electrons. The van der Waals surface area contributed by atoms with E-state index >= 15 is 0 Å². The first kappa shape index (κ1) is 25.8. The van der Waals surface area contributed by atoms with Crippen LogP contribution < -0.4 is 21.2 Å². The Hall–Kier alpha value is -3.29. The maximum atomic E-state index is 12.1. The Bertz CT molecular complexity index is 1070. The van der Waals surface area contributed by atoms with Crippen molar-refractivity contribution in [2.24, 2.45) is 0 Å². The first-order valence-electron chi connectivity index (χ1n) is 13.2. The van der Waals surface area contributed by atoms with Crippen LogP contribution in [0.3, 0.4) is 0 Å². The van der Waals surface area contributed by atoms with Crippen LogP contribution in [0.15, 0.2) is 116 Å². The Morgan fingerprint density at radius 3 is 1.61 bits per heavy atom. The van der Waals surface area contributed by atoms with E-state index in [1.165, 1.54) is 47.8 Å². The van der Waals surface area contributed by atoms with Crippen LogP contribution in [-0.4, -0.2) is 23.6 Å². The molecule has 4 aromatic rings. The second kappa shape index (κ2) is 13.7. The third-order valence-electron chi connectivity index (χ3n) is 6.99. The molecule has 1 heterocycles. The SMILES string of the molecule is O=C(NCCCCCCCC[PH](c1ccccc1)(c1ccccc1)c1ccccc1)c1cccnc1. The standard InChI is InChI=1S/C32H37N2OP/c35-32(28-17-16-24-33-27-28)34-25-14-3-1-2-4-15-26-36(29-18-8-5-9-19-29,30-20-10-6-11-21-30)31-22-12-7-13-23-31/h5-13,16-24,27,36H,1-4,14-15,25-26H2,(H,34,35). The molecule has 0 saturated heterocycles. The van der Waals surface area contributed by atoms with E-state index in [4.69, 9.17) is 0 Å². The molecule has 1 aromatic heterocycles. The van der Waals surface area contributed by atoms with Crippen LogP contribution >= 0.6 is 7.26 Å². The van der Waals surface area contributed by atoms with Crippen LogP contribution in [0, 0.1) is 0 Å². The Morgan fingerprint density at radius 2 is 1.11 bits per heavy atom. The van der Waals surface area contributed by atoms with Crippen molar-refractivity contribution in [3.05, 3.63) is 121 Å². The summed E-state index contributed by atoms with van der Waals surface area (Å²) in [5.41, 5.74) is 0.625. The van der Waals surface area contributed by atoms with Crippen LogP contribution in [0.2, 0.25) is 0 Å². The minimum atomic E-state index is -2.10. The molecule has 3 aromatic carbocycles. The van der Waals surface area contributed by atoms with Gasteiger partial charge in [-0.25, -0.2) is 0 Å². The molecule has 1 amide bonds. The van der Waals surface area contributed by atoms with E-state index < -0.39 is 7.26 Å². The number of hydrogen-bond donors (Lipinski definition) is 1. The van der Waals surface area contributed by atoms with Gasteiger partial charge in [0, 0.05) is 6.20 Å². The minimum Gasteiger partial charge on any atom is -0.264 e. The van der Waals surface area contributed by atoms with Crippen molar-refractivity contribution in [2.45, 2.75) is 38.5 Å². The first-order valence-corrected chi connectivity index (χ1v) is 15.4. The van der Waals surface area contributed by atoms with Gasteiger partial charge in [-0.05, 0) is 6.07 Å². The van der Waals surface area contributed by atoms with E-state index in [2.05, 4.69) is 101 Å². The zero-order valence-corrected chi connectivity index (χ0v) is 22.0. The number of benzene rings is 3. The molecule has 4 rings (SSSR count). The molecule has 0 aliphatic carbocycles. The summed E-state index contributed by atoms with van der Waals surface area (Å²) in [5.74, 6) is -0.0351. The molecule has 36 heavy (non-hydrogen) atoms. The minimum absolute atomic E-state index is 0.0351. The van der Waals surface area contributed by atoms with E-state index in [0.717, 1.165) is 19.4 Å². The van der Waals surface area contributed by atoms with Gasteiger partial charge in [0.1, 0.15) is 0 Å². The molecule has 186 valence electrons. The topological polar surface area (TPSA) is 42.0 Å². The summed E-state index contributed by atoms with van der Waals surface area (Å²) >= 11 is 0. The van der Waals surface area contributed by atoms with E-state index in [1.54, 1.807) is 24.5 Å². The quantitative estimate of drug-likeness (QED) is 0.186. The summed E-state index contributed by atoms with van der Waals surface area (Å²) in [6.45, 7) is 0.722. The Kier molecular flexibility index (Phi) is 9.82. The average molecular weight is 497 g/mol. The van der Waals surface area contributed by atoms with Gasteiger partial charge in [-0.1, -0.05) is 0 Å². The molecule has 0 aliphatic rings. The van der Waals surface area contributed by atoms with Crippen molar-refractivity contribution in [1.29, 1.82) is 0 Å². The summed E-state index contributed by atoms with van der Waals surface area (Å²) in [6, 6.07) is 37.1. The van der Waals surface area contributed by atoms with Crippen LogP contribution in [0.4, 0.5) is 0 Å². The van der Waals surface area contributed by atoms with Gasteiger partial charge >= 0.3 is 199 Å². The zero-order valence-electron chi connectivity index (χ0n) is 21.0. The molecule has 0 bridgehead atoms. The third-order valence-corrected chi connectivity index (χ3v) is 12.0. The Balaban J connectivity index is 1.32. The van der Waals surface area contributed by atoms with Crippen molar-refractivity contribution < 1.29 is 4.79 Å². The first-order chi connectivity index (χ1) is 17.8. The van der Waals surface area contributed by atoms with Crippen molar-refractivity contribution in [1.82, 2.24) is 10.3 Å². The Morgan fingerprint density at radius 1 is 0.611 bits per heavy atom. The number of unbranched alkanes of at least 4 members (excludes halogenated alkanes) is 5. The van der Waals surface area contributed by atoms with E-state index in [9.17, 15) is 4.79 Å². The fraction of sp³-hybridized carbons (Fsp3) is 0.250. The molecule has 3 nitrogen and oxygen atoms in total. The normalized spacial score (nSPS) is 11.7. The van der Waals surface area contributed by atoms with Crippen molar-refractivity contribution in [2.75, 3.05) is 12.7 Å². The molecular weight excluding hydrogens is 459 g/mol. The zero-order chi connectivity index (χ0) is 24.9. The van der Waals surface area contributed by atoms with E-state index in [-0.39, 0.29) is 5.91 Å². The smallest absolute Gasteiger partial charge is 0.264 e. The molecule has 0 spiro atoms. The number of hydrogen-bond acceptors (Lipinski definition) is 2. The number of carbonyl (C=O) groups is 1. The molecule has 0 atom stereocenters. The van der Waals surface area contributed by atoms with Crippen molar-refractivity contribution in [3.8, 4) is 0 Å². The molecule has 0 fully saturated rings. The number of nitrogens with one attached hydrogen (secondary N) is 1. The summed E-state index contributed by atoms with van der Waals surface area (Å²) in [5, 5.41) is 7.48. The van der Waals surface area contributed by atoms with Gasteiger partial charge < -0.3 is 0 Å². The number of rotatable bonds is 13. The van der Waals surface area contributed by atoms with Gasteiger partial charge in [-0.3, -0.25) is 4.98 Å². The van der Waals surface area contributed by atoms with Gasteiger partial charge in [0.15, 0.2) is 0 Å². The summed E-state index contributed by atoms with van der Waals surface area (Å²) in [7, 11) is -2.10. The summed E-state index contributed by atoms with van der Waals surface area (Å²) < 4.78 is 0. The number of amides is 1. The predicted molar refractivity (Wildman–Crippen MR) is 156 cm³/mol. The fourth-order valence-corrected chi connectivity index (χ4v) is 10.1. The van der Waals surface area contributed by atoms with Crippen LogP contribution in [0.1, 0.15) is 48.9 Å². The van der Waals surface area contributed by atoms with E-state index in [1.807, 2.05) is 0 Å².